The zero-order chi connectivity index (χ0) is 26.3. The van der Waals surface area contributed by atoms with Crippen LogP contribution in [0.3, 0.4) is 0 Å². The van der Waals surface area contributed by atoms with Gasteiger partial charge in [0.25, 0.3) is 5.91 Å². The van der Waals surface area contributed by atoms with Crippen LogP contribution in [-0.4, -0.2) is 85.0 Å². The van der Waals surface area contributed by atoms with Crippen LogP contribution in [0.4, 0.5) is 5.82 Å². The lowest BCUT2D eigenvalue weighted by Gasteiger charge is -2.38. The summed E-state index contributed by atoms with van der Waals surface area (Å²) in [6.45, 7) is 5.57. The molecule has 0 spiro atoms. The van der Waals surface area contributed by atoms with Gasteiger partial charge >= 0.3 is 0 Å². The van der Waals surface area contributed by atoms with Gasteiger partial charge < -0.3 is 29.7 Å². The SMILES string of the molecule is CO[C@@H]1COCCC1NC1CCN(C(=O)c2cc(NC[C@H]3CCC[C@@H](c4ccc(C)cc4)O3)ncn2)CC1. The summed E-state index contributed by atoms with van der Waals surface area (Å²) in [6, 6.07) is 11.1. The monoisotopic (exact) mass is 523 g/mol. The molecule has 3 saturated heterocycles. The van der Waals surface area contributed by atoms with E-state index in [2.05, 4.69) is 51.8 Å². The maximum Gasteiger partial charge on any atom is 0.272 e. The first-order valence-corrected chi connectivity index (χ1v) is 14.0. The van der Waals surface area contributed by atoms with Crippen molar-refractivity contribution in [2.75, 3.05) is 45.3 Å². The van der Waals surface area contributed by atoms with E-state index < -0.39 is 0 Å². The zero-order valence-corrected chi connectivity index (χ0v) is 22.6. The Balaban J connectivity index is 1.10. The number of likely N-dealkylation sites (tertiary alicyclic amines) is 1. The van der Waals surface area contributed by atoms with Crippen molar-refractivity contribution >= 4 is 11.7 Å². The topological polar surface area (TPSA) is 97.8 Å². The van der Waals surface area contributed by atoms with Crippen molar-refractivity contribution in [3.63, 3.8) is 0 Å². The molecular weight excluding hydrogens is 482 g/mol. The molecule has 38 heavy (non-hydrogen) atoms. The number of methoxy groups -OCH3 is 1. The molecule has 4 heterocycles. The Morgan fingerprint density at radius 1 is 1.11 bits per heavy atom. The Bertz CT molecular complexity index is 1040. The van der Waals surface area contributed by atoms with Crippen LogP contribution in [0.2, 0.25) is 0 Å². The maximum atomic E-state index is 13.2. The summed E-state index contributed by atoms with van der Waals surface area (Å²) in [6.07, 6.45) is 7.74. The number of ether oxygens (including phenoxy) is 3. The summed E-state index contributed by atoms with van der Waals surface area (Å²) in [5, 5.41) is 7.12. The highest BCUT2D eigenvalue weighted by Gasteiger charge is 2.31. The predicted octanol–water partition coefficient (Wildman–Crippen LogP) is 3.51. The van der Waals surface area contributed by atoms with E-state index in [0.29, 0.717) is 49.8 Å². The molecule has 3 aliphatic rings. The average molecular weight is 524 g/mol. The number of nitrogens with one attached hydrogen (secondary N) is 2. The fourth-order valence-electron chi connectivity index (χ4n) is 5.71. The van der Waals surface area contributed by atoms with Gasteiger partial charge in [-0.1, -0.05) is 29.8 Å². The predicted molar refractivity (Wildman–Crippen MR) is 145 cm³/mol. The number of aryl methyl sites for hydroxylation is 1. The van der Waals surface area contributed by atoms with E-state index in [-0.39, 0.29) is 24.2 Å². The van der Waals surface area contributed by atoms with Gasteiger partial charge in [0.1, 0.15) is 17.8 Å². The minimum atomic E-state index is -0.0388. The van der Waals surface area contributed by atoms with Gasteiger partial charge in [-0.2, -0.15) is 0 Å². The van der Waals surface area contributed by atoms with Crippen LogP contribution < -0.4 is 10.6 Å². The number of carbonyl (C=O) groups is 1. The van der Waals surface area contributed by atoms with E-state index in [4.69, 9.17) is 14.2 Å². The molecule has 1 aromatic carbocycles. The first-order chi connectivity index (χ1) is 18.6. The van der Waals surface area contributed by atoms with Crippen molar-refractivity contribution in [1.29, 1.82) is 0 Å². The number of hydrogen-bond acceptors (Lipinski definition) is 8. The molecule has 4 atom stereocenters. The van der Waals surface area contributed by atoms with Crippen molar-refractivity contribution in [2.24, 2.45) is 0 Å². The molecule has 1 unspecified atom stereocenters. The molecular formula is C29H41N5O4. The molecule has 2 N–H and O–H groups in total. The number of amides is 1. The van der Waals surface area contributed by atoms with E-state index in [9.17, 15) is 4.79 Å². The molecule has 5 rings (SSSR count). The zero-order valence-electron chi connectivity index (χ0n) is 22.6. The Morgan fingerprint density at radius 2 is 1.92 bits per heavy atom. The van der Waals surface area contributed by atoms with Crippen molar-refractivity contribution in [2.45, 2.75) is 75.8 Å². The molecule has 0 saturated carbocycles. The second kappa shape index (κ2) is 13.0. The van der Waals surface area contributed by atoms with Crippen molar-refractivity contribution < 1.29 is 19.0 Å². The van der Waals surface area contributed by atoms with Crippen LogP contribution >= 0.6 is 0 Å². The molecule has 3 fully saturated rings. The van der Waals surface area contributed by atoms with Gasteiger partial charge in [-0.05, 0) is 51.0 Å². The maximum absolute atomic E-state index is 13.2. The van der Waals surface area contributed by atoms with Crippen LogP contribution in [0.1, 0.15) is 66.2 Å². The number of benzene rings is 1. The summed E-state index contributed by atoms with van der Waals surface area (Å²) in [5.74, 6) is 0.620. The number of rotatable bonds is 8. The molecule has 1 aromatic heterocycles. The summed E-state index contributed by atoms with van der Waals surface area (Å²) in [7, 11) is 1.74. The van der Waals surface area contributed by atoms with Crippen LogP contribution in [0.5, 0.6) is 0 Å². The van der Waals surface area contributed by atoms with Crippen molar-refractivity contribution in [3.05, 3.63) is 53.5 Å². The third-order valence-corrected chi connectivity index (χ3v) is 8.03. The lowest BCUT2D eigenvalue weighted by Crippen LogP contribution is -2.54. The van der Waals surface area contributed by atoms with Crippen LogP contribution in [0, 0.1) is 6.92 Å². The van der Waals surface area contributed by atoms with Crippen molar-refractivity contribution in [3.8, 4) is 0 Å². The first-order valence-electron chi connectivity index (χ1n) is 14.0. The molecule has 9 heteroatoms. The lowest BCUT2D eigenvalue weighted by molar-refractivity contribution is -0.0533. The number of carbonyl (C=O) groups excluding carboxylic acids is 1. The number of hydrogen-bond donors (Lipinski definition) is 2. The number of aromatic nitrogens is 2. The first kappa shape index (κ1) is 27.0. The largest absolute Gasteiger partial charge is 0.379 e. The summed E-state index contributed by atoms with van der Waals surface area (Å²) in [5.41, 5.74) is 2.92. The van der Waals surface area contributed by atoms with E-state index in [1.807, 2.05) is 4.90 Å². The molecule has 1 amide bonds. The van der Waals surface area contributed by atoms with Crippen LogP contribution in [0.15, 0.2) is 36.7 Å². The minimum Gasteiger partial charge on any atom is -0.379 e. The van der Waals surface area contributed by atoms with E-state index >= 15 is 0 Å². The quantitative estimate of drug-likeness (QED) is 0.543. The molecule has 0 bridgehead atoms. The highest BCUT2D eigenvalue weighted by Crippen LogP contribution is 2.31. The second-order valence-corrected chi connectivity index (χ2v) is 10.7. The third kappa shape index (κ3) is 6.88. The molecule has 206 valence electrons. The minimum absolute atomic E-state index is 0.0388. The summed E-state index contributed by atoms with van der Waals surface area (Å²) >= 11 is 0. The molecule has 3 aliphatic heterocycles. The smallest absolute Gasteiger partial charge is 0.272 e. The van der Waals surface area contributed by atoms with Gasteiger partial charge in [-0.15, -0.1) is 0 Å². The molecule has 0 radical (unpaired) electrons. The van der Waals surface area contributed by atoms with E-state index in [0.717, 1.165) is 45.1 Å². The Hall–Kier alpha value is -2.59. The second-order valence-electron chi connectivity index (χ2n) is 10.7. The van der Waals surface area contributed by atoms with E-state index in [1.165, 1.54) is 17.5 Å². The Labute approximate surface area is 225 Å². The third-order valence-electron chi connectivity index (χ3n) is 8.03. The number of anilines is 1. The molecule has 9 nitrogen and oxygen atoms in total. The van der Waals surface area contributed by atoms with Crippen molar-refractivity contribution in [1.82, 2.24) is 20.2 Å². The average Bonchev–Trinajstić information content (AvgIpc) is 2.97. The van der Waals surface area contributed by atoms with Gasteiger partial charge in [0, 0.05) is 51.5 Å². The normalized spacial score (nSPS) is 26.7. The molecule has 0 aliphatic carbocycles. The van der Waals surface area contributed by atoms with Gasteiger partial charge in [0.15, 0.2) is 0 Å². The summed E-state index contributed by atoms with van der Waals surface area (Å²) < 4.78 is 17.5. The summed E-state index contributed by atoms with van der Waals surface area (Å²) in [4.78, 5) is 23.7. The highest BCUT2D eigenvalue weighted by molar-refractivity contribution is 5.93. The number of nitrogens with zero attached hydrogens (tertiary/aromatic N) is 3. The fourth-order valence-corrected chi connectivity index (χ4v) is 5.71. The van der Waals surface area contributed by atoms with Gasteiger partial charge in [0.2, 0.25) is 0 Å². The van der Waals surface area contributed by atoms with Crippen LogP contribution in [-0.2, 0) is 14.2 Å². The Morgan fingerprint density at radius 3 is 2.71 bits per heavy atom. The van der Waals surface area contributed by atoms with Crippen LogP contribution in [0.25, 0.3) is 0 Å². The van der Waals surface area contributed by atoms with Gasteiger partial charge in [0.05, 0.1) is 24.9 Å². The Kier molecular flexibility index (Phi) is 9.22. The molecule has 2 aromatic rings. The fraction of sp³-hybridized carbons (Fsp3) is 0.621. The van der Waals surface area contributed by atoms with Gasteiger partial charge in [-0.3, -0.25) is 4.79 Å². The number of piperidine rings is 1. The highest BCUT2D eigenvalue weighted by atomic mass is 16.5. The standard InChI is InChI=1S/C29H41N5O4/c1-20-6-8-21(9-7-20)26-5-3-4-23(38-26)17-30-28-16-25(31-19-32-28)29(35)34-13-10-22(11-14-34)33-24-12-15-37-18-27(24)36-2/h6-9,16,19,22-24,26-27,33H,3-5,10-15,17-18H2,1-2H3,(H,30,31,32)/t23-,24?,26+,27-/m1/s1. The van der Waals surface area contributed by atoms with Gasteiger partial charge in [-0.25, -0.2) is 9.97 Å². The lowest BCUT2D eigenvalue weighted by atomic mass is 9.97. The van der Waals surface area contributed by atoms with E-state index in [1.54, 1.807) is 13.2 Å².